The van der Waals surface area contributed by atoms with Crippen LogP contribution in [0.15, 0.2) is 12.2 Å². The van der Waals surface area contributed by atoms with Gasteiger partial charge in [-0.1, -0.05) is 6.58 Å². The van der Waals surface area contributed by atoms with Crippen LogP contribution in [0.5, 0.6) is 0 Å². The average molecular weight is 264 g/mol. The molecule has 17 heavy (non-hydrogen) atoms. The van der Waals surface area contributed by atoms with Gasteiger partial charge in [-0.05, 0) is 6.92 Å². The predicted octanol–water partition coefficient (Wildman–Crippen LogP) is 2.68. The van der Waals surface area contributed by atoms with Gasteiger partial charge in [-0.25, -0.2) is 26.7 Å². The minimum atomic E-state index is -3.80. The van der Waals surface area contributed by atoms with E-state index in [-0.39, 0.29) is 5.57 Å². The Kier molecular flexibility index (Phi) is 6.04. The summed E-state index contributed by atoms with van der Waals surface area (Å²) in [6, 6.07) is 0. The zero-order valence-corrected chi connectivity index (χ0v) is 8.68. The highest BCUT2D eigenvalue weighted by atomic mass is 19.3. The Hall–Kier alpha value is -1.21. The van der Waals surface area contributed by atoms with Crippen molar-refractivity contribution in [1.82, 2.24) is 0 Å². The van der Waals surface area contributed by atoms with Crippen molar-refractivity contribution in [3.63, 3.8) is 0 Å². The molecular weight excluding hydrogens is 254 g/mol. The molecule has 0 saturated heterocycles. The number of esters is 1. The Morgan fingerprint density at radius 3 is 1.82 bits per heavy atom. The van der Waals surface area contributed by atoms with Gasteiger partial charge in [0.25, 0.3) is 12.8 Å². The van der Waals surface area contributed by atoms with Crippen molar-refractivity contribution in [2.45, 2.75) is 38.2 Å². The molecule has 4 atom stereocenters. The third kappa shape index (κ3) is 4.66. The number of hydrogen-bond donors (Lipinski definition) is 0. The number of halogens is 6. The van der Waals surface area contributed by atoms with Crippen LogP contribution in [0.4, 0.5) is 26.3 Å². The van der Waals surface area contributed by atoms with Crippen molar-refractivity contribution in [3.05, 3.63) is 12.2 Å². The normalized spacial score (nSPS) is 18.4. The molecule has 0 radical (unpaired) electrons. The molecule has 0 heterocycles. The Morgan fingerprint density at radius 2 is 1.47 bits per heavy atom. The summed E-state index contributed by atoms with van der Waals surface area (Å²) in [5.41, 5.74) is -0.305. The van der Waals surface area contributed by atoms with Gasteiger partial charge in [0, 0.05) is 5.57 Å². The van der Waals surface area contributed by atoms with Crippen LogP contribution in [0.1, 0.15) is 6.92 Å². The number of rotatable bonds is 6. The highest BCUT2D eigenvalue weighted by Crippen LogP contribution is 2.22. The van der Waals surface area contributed by atoms with Crippen molar-refractivity contribution in [2.75, 3.05) is 0 Å². The van der Waals surface area contributed by atoms with Crippen LogP contribution in [0.3, 0.4) is 0 Å². The molecule has 0 aromatic heterocycles. The van der Waals surface area contributed by atoms with Crippen LogP contribution in [0, 0.1) is 0 Å². The van der Waals surface area contributed by atoms with Crippen molar-refractivity contribution < 1.29 is 35.9 Å². The molecule has 4 unspecified atom stereocenters. The summed E-state index contributed by atoms with van der Waals surface area (Å²) in [6.07, 6.45) is -17.2. The highest BCUT2D eigenvalue weighted by Gasteiger charge is 2.42. The summed E-state index contributed by atoms with van der Waals surface area (Å²) in [7, 11) is 0. The SMILES string of the molecule is C=C(C)C(=O)OC(F)C(F)C(F)C(F)C(F)F. The first-order valence-electron chi connectivity index (χ1n) is 4.39. The maximum Gasteiger partial charge on any atom is 0.335 e. The van der Waals surface area contributed by atoms with Gasteiger partial charge in [-0.2, -0.15) is 4.39 Å². The van der Waals surface area contributed by atoms with Gasteiger partial charge in [-0.15, -0.1) is 0 Å². The van der Waals surface area contributed by atoms with Crippen molar-refractivity contribution in [1.29, 1.82) is 0 Å². The Labute approximate surface area is 93.2 Å². The molecule has 2 nitrogen and oxygen atoms in total. The van der Waals surface area contributed by atoms with E-state index in [0.717, 1.165) is 6.92 Å². The van der Waals surface area contributed by atoms with Gasteiger partial charge in [0.2, 0.25) is 6.17 Å². The van der Waals surface area contributed by atoms with E-state index >= 15 is 0 Å². The molecule has 0 aromatic carbocycles. The summed E-state index contributed by atoms with van der Waals surface area (Å²) in [6.45, 7) is 4.13. The summed E-state index contributed by atoms with van der Waals surface area (Å²) >= 11 is 0. The molecule has 0 aliphatic heterocycles. The molecule has 0 aliphatic carbocycles. The lowest BCUT2D eigenvalue weighted by Gasteiger charge is -2.19. The fraction of sp³-hybridized carbons (Fsp3) is 0.667. The lowest BCUT2D eigenvalue weighted by atomic mass is 10.1. The van der Waals surface area contributed by atoms with Gasteiger partial charge in [0.1, 0.15) is 0 Å². The average Bonchev–Trinajstić information content (AvgIpc) is 2.25. The summed E-state index contributed by atoms with van der Waals surface area (Å²) in [5, 5.41) is 0. The van der Waals surface area contributed by atoms with E-state index in [1.54, 1.807) is 0 Å². The van der Waals surface area contributed by atoms with E-state index in [4.69, 9.17) is 0 Å². The molecule has 100 valence electrons. The molecule has 0 rings (SSSR count). The number of carbonyl (C=O) groups is 1. The molecular formula is C9H10F6O2. The molecule has 0 saturated carbocycles. The third-order valence-corrected chi connectivity index (χ3v) is 1.67. The van der Waals surface area contributed by atoms with Gasteiger partial charge < -0.3 is 4.74 Å². The maximum absolute atomic E-state index is 12.8. The second-order valence-electron chi connectivity index (χ2n) is 3.20. The fourth-order valence-electron chi connectivity index (χ4n) is 0.727. The smallest absolute Gasteiger partial charge is 0.335 e. The first kappa shape index (κ1) is 15.8. The monoisotopic (exact) mass is 264 g/mol. The number of hydrogen-bond acceptors (Lipinski definition) is 2. The summed E-state index contributed by atoms with van der Waals surface area (Å²) < 4.78 is 77.6. The second-order valence-corrected chi connectivity index (χ2v) is 3.20. The maximum atomic E-state index is 12.8. The van der Waals surface area contributed by atoms with Crippen LogP contribution in [0.25, 0.3) is 0 Å². The molecule has 0 spiro atoms. The van der Waals surface area contributed by atoms with Crippen LogP contribution in [-0.4, -0.2) is 37.3 Å². The number of carbonyl (C=O) groups excluding carboxylic acids is 1. The van der Waals surface area contributed by atoms with Crippen molar-refractivity contribution >= 4 is 5.97 Å². The lowest BCUT2D eigenvalue weighted by molar-refractivity contribution is -0.166. The van der Waals surface area contributed by atoms with Crippen molar-refractivity contribution in [3.8, 4) is 0 Å². The summed E-state index contributed by atoms with van der Waals surface area (Å²) in [4.78, 5) is 10.7. The predicted molar refractivity (Wildman–Crippen MR) is 46.5 cm³/mol. The van der Waals surface area contributed by atoms with E-state index in [9.17, 15) is 31.1 Å². The number of ether oxygens (including phenoxy) is 1. The van der Waals surface area contributed by atoms with Crippen LogP contribution in [-0.2, 0) is 9.53 Å². The zero-order valence-electron chi connectivity index (χ0n) is 8.68. The van der Waals surface area contributed by atoms with E-state index in [2.05, 4.69) is 11.3 Å². The van der Waals surface area contributed by atoms with Gasteiger partial charge >= 0.3 is 5.97 Å². The highest BCUT2D eigenvalue weighted by molar-refractivity contribution is 5.87. The Balaban J connectivity index is 4.44. The lowest BCUT2D eigenvalue weighted by Crippen LogP contribution is -2.40. The standard InChI is InChI=1S/C9H10F6O2/c1-3(2)9(16)17-8(15)6(12)4(10)5(11)7(13)14/h4-8H,1H2,2H3. The molecule has 8 heteroatoms. The van der Waals surface area contributed by atoms with E-state index in [1.165, 1.54) is 0 Å². The van der Waals surface area contributed by atoms with Gasteiger partial charge in [0.05, 0.1) is 0 Å². The van der Waals surface area contributed by atoms with E-state index in [1.807, 2.05) is 0 Å². The molecule has 0 N–H and O–H groups in total. The third-order valence-electron chi connectivity index (χ3n) is 1.67. The van der Waals surface area contributed by atoms with E-state index in [0.29, 0.717) is 0 Å². The fourth-order valence-corrected chi connectivity index (χ4v) is 0.727. The number of alkyl halides is 6. The molecule has 0 bridgehead atoms. The quantitative estimate of drug-likeness (QED) is 0.419. The minimum absolute atomic E-state index is 0.305. The van der Waals surface area contributed by atoms with Crippen LogP contribution in [0.2, 0.25) is 0 Å². The largest absolute Gasteiger partial charge is 0.424 e. The summed E-state index contributed by atoms with van der Waals surface area (Å²) in [5.74, 6) is -1.38. The van der Waals surface area contributed by atoms with Crippen LogP contribution < -0.4 is 0 Å². The molecule has 0 aliphatic rings. The van der Waals surface area contributed by atoms with Crippen molar-refractivity contribution in [2.24, 2.45) is 0 Å². The van der Waals surface area contributed by atoms with E-state index < -0.39 is 37.3 Å². The first-order chi connectivity index (χ1) is 7.68. The Bertz CT molecular complexity index is 283. The first-order valence-corrected chi connectivity index (χ1v) is 4.39. The van der Waals surface area contributed by atoms with Crippen LogP contribution >= 0.6 is 0 Å². The second kappa shape index (κ2) is 6.51. The topological polar surface area (TPSA) is 26.3 Å². The molecule has 0 aromatic rings. The zero-order chi connectivity index (χ0) is 13.7. The Morgan fingerprint density at radius 1 is 1.00 bits per heavy atom. The van der Waals surface area contributed by atoms with Gasteiger partial charge in [0.15, 0.2) is 12.3 Å². The minimum Gasteiger partial charge on any atom is -0.424 e. The molecule has 0 amide bonds. The van der Waals surface area contributed by atoms with Gasteiger partial charge in [-0.3, -0.25) is 0 Å². The molecule has 0 fully saturated rings.